The Morgan fingerprint density at radius 3 is 3.00 bits per heavy atom. The molecule has 1 amide bonds. The van der Waals surface area contributed by atoms with Crippen molar-refractivity contribution >= 4 is 5.91 Å². The molecular formula is C18H20FN5O. The first-order valence-corrected chi connectivity index (χ1v) is 8.26. The van der Waals surface area contributed by atoms with Crippen LogP contribution in [0.25, 0.3) is 0 Å². The molecule has 1 aromatic carbocycles. The number of aryl methyl sites for hydroxylation is 1. The molecule has 1 N–H and O–H groups in total. The minimum absolute atomic E-state index is 0.0182. The van der Waals surface area contributed by atoms with E-state index < -0.39 is 0 Å². The highest BCUT2D eigenvalue weighted by Gasteiger charge is 2.23. The molecule has 6 nitrogen and oxygen atoms in total. The van der Waals surface area contributed by atoms with Gasteiger partial charge in [-0.2, -0.15) is 10.4 Å². The van der Waals surface area contributed by atoms with Gasteiger partial charge < -0.3 is 5.32 Å². The van der Waals surface area contributed by atoms with Crippen LogP contribution >= 0.6 is 0 Å². The number of carbonyl (C=O) groups excluding carboxylic acids is 1. The number of hydrogen-bond donors (Lipinski definition) is 1. The summed E-state index contributed by atoms with van der Waals surface area (Å²) in [5.41, 5.74) is 1.29. The van der Waals surface area contributed by atoms with Gasteiger partial charge in [-0.15, -0.1) is 0 Å². The topological polar surface area (TPSA) is 74.0 Å². The molecule has 25 heavy (non-hydrogen) atoms. The molecule has 1 aromatic heterocycles. The van der Waals surface area contributed by atoms with Gasteiger partial charge in [0.05, 0.1) is 11.6 Å². The van der Waals surface area contributed by atoms with Crippen molar-refractivity contribution in [2.24, 2.45) is 7.05 Å². The van der Waals surface area contributed by atoms with Crippen LogP contribution in [-0.4, -0.2) is 39.7 Å². The van der Waals surface area contributed by atoms with Crippen molar-refractivity contribution in [1.82, 2.24) is 20.0 Å². The number of hydrogen-bond acceptors (Lipinski definition) is 4. The van der Waals surface area contributed by atoms with Crippen LogP contribution in [0.3, 0.4) is 0 Å². The number of aromatic nitrogens is 2. The summed E-state index contributed by atoms with van der Waals surface area (Å²) in [6.45, 7) is 1.99. The molecule has 130 valence electrons. The molecule has 1 fully saturated rings. The molecule has 1 atom stereocenters. The lowest BCUT2D eigenvalue weighted by Crippen LogP contribution is -2.47. The highest BCUT2D eigenvalue weighted by atomic mass is 19.1. The summed E-state index contributed by atoms with van der Waals surface area (Å²) in [7, 11) is 1.77. The quantitative estimate of drug-likeness (QED) is 0.921. The van der Waals surface area contributed by atoms with Crippen LogP contribution in [0.4, 0.5) is 4.39 Å². The summed E-state index contributed by atoms with van der Waals surface area (Å²) in [6.07, 6.45) is 3.56. The fourth-order valence-electron chi connectivity index (χ4n) is 3.10. The van der Waals surface area contributed by atoms with Gasteiger partial charge in [-0.3, -0.25) is 14.4 Å². The van der Waals surface area contributed by atoms with Crippen LogP contribution in [0.1, 0.15) is 34.5 Å². The molecule has 2 aromatic rings. The van der Waals surface area contributed by atoms with Crippen LogP contribution in [0, 0.1) is 17.1 Å². The summed E-state index contributed by atoms with van der Waals surface area (Å²) >= 11 is 0. The highest BCUT2D eigenvalue weighted by Crippen LogP contribution is 2.17. The number of benzene rings is 1. The average molecular weight is 341 g/mol. The Balaban J connectivity index is 1.59. The second-order valence-electron chi connectivity index (χ2n) is 6.34. The summed E-state index contributed by atoms with van der Waals surface area (Å²) < 4.78 is 15.7. The zero-order chi connectivity index (χ0) is 17.8. The Kier molecular flexibility index (Phi) is 5.10. The van der Waals surface area contributed by atoms with Gasteiger partial charge in [-0.05, 0) is 37.6 Å². The smallest absolute Gasteiger partial charge is 0.272 e. The first-order valence-electron chi connectivity index (χ1n) is 8.26. The van der Waals surface area contributed by atoms with Crippen molar-refractivity contribution in [3.8, 4) is 6.07 Å². The van der Waals surface area contributed by atoms with E-state index >= 15 is 0 Å². The van der Waals surface area contributed by atoms with Crippen molar-refractivity contribution in [1.29, 1.82) is 5.26 Å². The maximum absolute atomic E-state index is 14.1. The Morgan fingerprint density at radius 2 is 2.32 bits per heavy atom. The van der Waals surface area contributed by atoms with E-state index in [2.05, 4.69) is 15.3 Å². The average Bonchev–Trinajstić information content (AvgIpc) is 3.04. The number of nitrogens with one attached hydrogen (secondary N) is 1. The molecule has 0 radical (unpaired) electrons. The van der Waals surface area contributed by atoms with E-state index in [4.69, 9.17) is 5.26 Å². The van der Waals surface area contributed by atoms with E-state index in [1.54, 1.807) is 36.1 Å². The molecule has 1 aliphatic rings. The molecule has 0 aliphatic carbocycles. The van der Waals surface area contributed by atoms with Gasteiger partial charge in [0.25, 0.3) is 5.91 Å². The molecule has 1 aliphatic heterocycles. The SMILES string of the molecule is Cn1ccc(C(=O)NC2CCCN(Cc3ccc(C#N)cc3F)C2)n1. The maximum Gasteiger partial charge on any atom is 0.272 e. The van der Waals surface area contributed by atoms with Crippen molar-refractivity contribution in [3.63, 3.8) is 0 Å². The molecule has 7 heteroatoms. The molecule has 3 rings (SSSR count). The molecule has 0 spiro atoms. The predicted octanol–water partition coefficient (Wildman–Crippen LogP) is 1.83. The molecule has 2 heterocycles. The number of amides is 1. The lowest BCUT2D eigenvalue weighted by Gasteiger charge is -2.33. The number of nitriles is 1. The molecule has 1 unspecified atom stereocenters. The number of nitrogens with zero attached hydrogens (tertiary/aromatic N) is 4. The molecular weight excluding hydrogens is 321 g/mol. The summed E-state index contributed by atoms with van der Waals surface area (Å²) in [5, 5.41) is 15.9. The normalized spacial score (nSPS) is 17.9. The molecule has 0 bridgehead atoms. The van der Waals surface area contributed by atoms with Crippen LogP contribution < -0.4 is 5.32 Å². The molecule has 0 saturated carbocycles. The van der Waals surface area contributed by atoms with E-state index in [0.717, 1.165) is 19.4 Å². The van der Waals surface area contributed by atoms with Crippen molar-refractivity contribution < 1.29 is 9.18 Å². The summed E-state index contributed by atoms with van der Waals surface area (Å²) in [6, 6.07) is 8.18. The lowest BCUT2D eigenvalue weighted by atomic mass is 10.0. The van der Waals surface area contributed by atoms with Gasteiger partial charge in [0, 0.05) is 37.9 Å². The van der Waals surface area contributed by atoms with Crippen LogP contribution in [0.2, 0.25) is 0 Å². The molecule has 1 saturated heterocycles. The van der Waals surface area contributed by atoms with Crippen molar-refractivity contribution in [2.45, 2.75) is 25.4 Å². The van der Waals surface area contributed by atoms with Crippen LogP contribution in [0.5, 0.6) is 0 Å². The van der Waals surface area contributed by atoms with Crippen LogP contribution in [-0.2, 0) is 13.6 Å². The fourth-order valence-corrected chi connectivity index (χ4v) is 3.10. The van der Waals surface area contributed by atoms with E-state index in [-0.39, 0.29) is 17.8 Å². The highest BCUT2D eigenvalue weighted by molar-refractivity contribution is 5.92. The van der Waals surface area contributed by atoms with Gasteiger partial charge >= 0.3 is 0 Å². The summed E-state index contributed by atoms with van der Waals surface area (Å²) in [5.74, 6) is -0.546. The first-order chi connectivity index (χ1) is 12.0. The predicted molar refractivity (Wildman–Crippen MR) is 90.1 cm³/mol. The first kappa shape index (κ1) is 17.1. The van der Waals surface area contributed by atoms with Gasteiger partial charge in [-0.1, -0.05) is 6.07 Å². The Hall–Kier alpha value is -2.72. The van der Waals surface area contributed by atoms with E-state index in [1.807, 2.05) is 6.07 Å². The fraction of sp³-hybridized carbons (Fsp3) is 0.389. The third-order valence-corrected chi connectivity index (χ3v) is 4.36. The monoisotopic (exact) mass is 341 g/mol. The minimum Gasteiger partial charge on any atom is -0.347 e. The standard InChI is InChI=1S/C18H20FN5O/c1-23-8-6-17(22-23)18(25)21-15-3-2-7-24(12-15)11-14-5-4-13(10-20)9-16(14)19/h4-6,8-9,15H,2-3,7,11-12H2,1H3,(H,21,25). The zero-order valence-electron chi connectivity index (χ0n) is 14.1. The van der Waals surface area contributed by atoms with Crippen molar-refractivity contribution in [3.05, 3.63) is 53.1 Å². The van der Waals surface area contributed by atoms with E-state index in [0.29, 0.717) is 29.9 Å². The number of likely N-dealkylation sites (tertiary alicyclic amines) is 1. The van der Waals surface area contributed by atoms with E-state index in [1.165, 1.54) is 6.07 Å². The second-order valence-corrected chi connectivity index (χ2v) is 6.34. The minimum atomic E-state index is -0.362. The van der Waals surface area contributed by atoms with Gasteiger partial charge in [0.15, 0.2) is 0 Å². The summed E-state index contributed by atoms with van der Waals surface area (Å²) in [4.78, 5) is 14.3. The van der Waals surface area contributed by atoms with E-state index in [9.17, 15) is 9.18 Å². The maximum atomic E-state index is 14.1. The Morgan fingerprint density at radius 1 is 1.48 bits per heavy atom. The Bertz CT molecular complexity index is 810. The lowest BCUT2D eigenvalue weighted by molar-refractivity contribution is 0.0894. The number of halogens is 1. The third kappa shape index (κ3) is 4.22. The van der Waals surface area contributed by atoms with Gasteiger partial charge in [-0.25, -0.2) is 4.39 Å². The number of carbonyl (C=O) groups is 1. The third-order valence-electron chi connectivity index (χ3n) is 4.36. The zero-order valence-corrected chi connectivity index (χ0v) is 14.1. The Labute approximate surface area is 145 Å². The number of rotatable bonds is 4. The van der Waals surface area contributed by atoms with Gasteiger partial charge in [0.2, 0.25) is 0 Å². The second kappa shape index (κ2) is 7.45. The number of piperidine rings is 1. The largest absolute Gasteiger partial charge is 0.347 e. The van der Waals surface area contributed by atoms with Gasteiger partial charge in [0.1, 0.15) is 11.5 Å². The van der Waals surface area contributed by atoms with Crippen molar-refractivity contribution in [2.75, 3.05) is 13.1 Å². The van der Waals surface area contributed by atoms with Crippen LogP contribution in [0.15, 0.2) is 30.5 Å².